The third kappa shape index (κ3) is 2.19. The number of aromatic nitrogens is 3. The van der Waals surface area contributed by atoms with E-state index < -0.39 is 0 Å². The Bertz CT molecular complexity index is 713. The van der Waals surface area contributed by atoms with E-state index in [4.69, 9.17) is 4.74 Å². The predicted octanol–water partition coefficient (Wildman–Crippen LogP) is 1.59. The van der Waals surface area contributed by atoms with Gasteiger partial charge in [0, 0.05) is 5.41 Å². The maximum Gasteiger partial charge on any atom is 0.278 e. The number of rotatable bonds is 2. The third-order valence-electron chi connectivity index (χ3n) is 2.71. The standard InChI is InChI=1S/C13H16N4O2/c1-5-19-9-6-10(18)17-12(15-9)8(7-14)11(16-17)13(2,3)4/h6,15H,5H2,1-4H3. The summed E-state index contributed by atoms with van der Waals surface area (Å²) in [5.74, 6) is 0.344. The van der Waals surface area contributed by atoms with E-state index in [0.29, 0.717) is 29.4 Å². The number of aromatic amines is 1. The van der Waals surface area contributed by atoms with Gasteiger partial charge in [-0.3, -0.25) is 4.79 Å². The van der Waals surface area contributed by atoms with Crippen molar-refractivity contribution in [3.05, 3.63) is 27.7 Å². The van der Waals surface area contributed by atoms with Crippen molar-refractivity contribution in [2.45, 2.75) is 33.1 Å². The van der Waals surface area contributed by atoms with Crippen LogP contribution >= 0.6 is 0 Å². The lowest BCUT2D eigenvalue weighted by atomic mass is 9.90. The van der Waals surface area contributed by atoms with Crippen LogP contribution in [0.5, 0.6) is 5.88 Å². The van der Waals surface area contributed by atoms with Gasteiger partial charge in [0.05, 0.1) is 18.4 Å². The molecule has 0 aliphatic carbocycles. The maximum atomic E-state index is 12.0. The minimum Gasteiger partial charge on any atom is -0.479 e. The van der Waals surface area contributed by atoms with Crippen molar-refractivity contribution in [1.29, 1.82) is 5.26 Å². The normalized spacial score (nSPS) is 11.5. The van der Waals surface area contributed by atoms with E-state index in [1.165, 1.54) is 10.6 Å². The van der Waals surface area contributed by atoms with Crippen LogP contribution in [-0.2, 0) is 5.41 Å². The zero-order valence-corrected chi connectivity index (χ0v) is 11.4. The van der Waals surface area contributed by atoms with Gasteiger partial charge in [-0.1, -0.05) is 20.8 Å². The largest absolute Gasteiger partial charge is 0.479 e. The Kier molecular flexibility index (Phi) is 3.06. The summed E-state index contributed by atoms with van der Waals surface area (Å²) < 4.78 is 6.49. The topological polar surface area (TPSA) is 83.2 Å². The average Bonchev–Trinajstić information content (AvgIpc) is 2.68. The highest BCUT2D eigenvalue weighted by Crippen LogP contribution is 2.26. The van der Waals surface area contributed by atoms with Gasteiger partial charge in [-0.25, -0.2) is 0 Å². The molecule has 6 nitrogen and oxygen atoms in total. The highest BCUT2D eigenvalue weighted by molar-refractivity contribution is 5.59. The van der Waals surface area contributed by atoms with E-state index in [-0.39, 0.29) is 11.0 Å². The summed E-state index contributed by atoms with van der Waals surface area (Å²) in [6.45, 7) is 8.11. The molecule has 0 fully saturated rings. The monoisotopic (exact) mass is 260 g/mol. The molecule has 0 atom stereocenters. The molecule has 6 heteroatoms. The zero-order chi connectivity index (χ0) is 14.2. The van der Waals surface area contributed by atoms with Crippen molar-refractivity contribution >= 4 is 5.65 Å². The van der Waals surface area contributed by atoms with Gasteiger partial charge in [0.15, 0.2) is 11.5 Å². The summed E-state index contributed by atoms with van der Waals surface area (Å²) in [7, 11) is 0. The highest BCUT2D eigenvalue weighted by atomic mass is 16.5. The van der Waals surface area contributed by atoms with Crippen molar-refractivity contribution in [3.63, 3.8) is 0 Å². The summed E-state index contributed by atoms with van der Waals surface area (Å²) >= 11 is 0. The SMILES string of the molecule is CCOc1cc(=O)n2nc(C(C)(C)C)c(C#N)c2[nH]1. The molecule has 2 heterocycles. The van der Waals surface area contributed by atoms with Gasteiger partial charge in [0.25, 0.3) is 5.56 Å². The molecule has 2 rings (SSSR count). The summed E-state index contributed by atoms with van der Waals surface area (Å²) in [6.07, 6.45) is 0. The van der Waals surface area contributed by atoms with E-state index in [2.05, 4.69) is 16.2 Å². The number of ether oxygens (including phenoxy) is 1. The van der Waals surface area contributed by atoms with Crippen molar-refractivity contribution in [3.8, 4) is 11.9 Å². The van der Waals surface area contributed by atoms with Gasteiger partial charge in [0.1, 0.15) is 11.6 Å². The van der Waals surface area contributed by atoms with Gasteiger partial charge >= 0.3 is 0 Å². The molecule has 0 bridgehead atoms. The van der Waals surface area contributed by atoms with Gasteiger partial charge in [-0.15, -0.1) is 0 Å². The van der Waals surface area contributed by atoms with E-state index in [1.807, 2.05) is 27.7 Å². The second kappa shape index (κ2) is 4.43. The van der Waals surface area contributed by atoms with Crippen LogP contribution in [0.4, 0.5) is 0 Å². The minimum atomic E-state index is -0.316. The van der Waals surface area contributed by atoms with Crippen molar-refractivity contribution < 1.29 is 4.74 Å². The number of nitrogens with zero attached hydrogens (tertiary/aromatic N) is 3. The Morgan fingerprint density at radius 3 is 2.74 bits per heavy atom. The summed E-state index contributed by atoms with van der Waals surface area (Å²) in [5.41, 5.74) is 0.721. The van der Waals surface area contributed by atoms with Crippen LogP contribution in [0.2, 0.25) is 0 Å². The van der Waals surface area contributed by atoms with E-state index in [9.17, 15) is 10.1 Å². The van der Waals surface area contributed by atoms with Crippen LogP contribution in [0.3, 0.4) is 0 Å². The first-order valence-electron chi connectivity index (χ1n) is 6.08. The fraction of sp³-hybridized carbons (Fsp3) is 0.462. The van der Waals surface area contributed by atoms with Crippen LogP contribution in [-0.4, -0.2) is 21.2 Å². The molecule has 0 radical (unpaired) electrons. The third-order valence-corrected chi connectivity index (χ3v) is 2.71. The Morgan fingerprint density at radius 2 is 2.21 bits per heavy atom. The van der Waals surface area contributed by atoms with Crippen molar-refractivity contribution in [2.24, 2.45) is 0 Å². The van der Waals surface area contributed by atoms with Crippen molar-refractivity contribution in [1.82, 2.24) is 14.6 Å². The smallest absolute Gasteiger partial charge is 0.278 e. The molecule has 0 aliphatic rings. The summed E-state index contributed by atoms with van der Waals surface area (Å²) in [5, 5.41) is 13.6. The lowest BCUT2D eigenvalue weighted by molar-refractivity contribution is 0.326. The molecule has 2 aromatic heterocycles. The molecule has 0 saturated carbocycles. The van der Waals surface area contributed by atoms with E-state index in [1.54, 1.807) is 0 Å². The number of hydrogen-bond acceptors (Lipinski definition) is 4. The molecule has 100 valence electrons. The zero-order valence-electron chi connectivity index (χ0n) is 11.4. The van der Waals surface area contributed by atoms with Crippen LogP contribution in [0.1, 0.15) is 39.0 Å². The average molecular weight is 260 g/mol. The number of nitrogens with one attached hydrogen (secondary N) is 1. The summed E-state index contributed by atoms with van der Waals surface area (Å²) in [6, 6.07) is 3.44. The quantitative estimate of drug-likeness (QED) is 0.888. The molecule has 0 saturated heterocycles. The molecule has 0 unspecified atom stereocenters. The second-order valence-electron chi connectivity index (χ2n) is 5.25. The Balaban J connectivity index is 2.82. The molecule has 0 aliphatic heterocycles. The molecule has 0 aromatic carbocycles. The highest BCUT2D eigenvalue weighted by Gasteiger charge is 2.25. The fourth-order valence-corrected chi connectivity index (χ4v) is 1.88. The first kappa shape index (κ1) is 13.1. The molecule has 19 heavy (non-hydrogen) atoms. The summed E-state index contributed by atoms with van der Waals surface area (Å²) in [4.78, 5) is 14.9. The second-order valence-corrected chi connectivity index (χ2v) is 5.25. The number of nitriles is 1. The van der Waals surface area contributed by atoms with Gasteiger partial charge in [0.2, 0.25) is 0 Å². The van der Waals surface area contributed by atoms with Crippen molar-refractivity contribution in [2.75, 3.05) is 6.61 Å². The molecule has 0 amide bonds. The Morgan fingerprint density at radius 1 is 1.53 bits per heavy atom. The van der Waals surface area contributed by atoms with Gasteiger partial charge in [-0.2, -0.15) is 14.9 Å². The first-order chi connectivity index (χ1) is 8.88. The van der Waals surface area contributed by atoms with Crippen LogP contribution < -0.4 is 10.3 Å². The lowest BCUT2D eigenvalue weighted by Crippen LogP contribution is -2.17. The van der Waals surface area contributed by atoms with E-state index >= 15 is 0 Å². The fourth-order valence-electron chi connectivity index (χ4n) is 1.88. The number of fused-ring (bicyclic) bond motifs is 1. The molecule has 1 N–H and O–H groups in total. The molecule has 0 spiro atoms. The molecular weight excluding hydrogens is 244 g/mol. The predicted molar refractivity (Wildman–Crippen MR) is 70.4 cm³/mol. The Hall–Kier alpha value is -2.29. The van der Waals surface area contributed by atoms with Gasteiger partial charge < -0.3 is 9.72 Å². The molecular formula is C13H16N4O2. The Labute approximate surface area is 110 Å². The minimum absolute atomic E-state index is 0.316. The number of hydrogen-bond donors (Lipinski definition) is 1. The number of H-pyrrole nitrogens is 1. The maximum absolute atomic E-state index is 12.0. The van der Waals surface area contributed by atoms with Crippen LogP contribution in [0, 0.1) is 11.3 Å². The first-order valence-corrected chi connectivity index (χ1v) is 6.08. The molecule has 2 aromatic rings. The van der Waals surface area contributed by atoms with Gasteiger partial charge in [-0.05, 0) is 6.92 Å². The lowest BCUT2D eigenvalue weighted by Gasteiger charge is -2.14. The van der Waals surface area contributed by atoms with E-state index in [0.717, 1.165) is 0 Å². The van der Waals surface area contributed by atoms with Crippen LogP contribution in [0.25, 0.3) is 5.65 Å². The van der Waals surface area contributed by atoms with Crippen LogP contribution in [0.15, 0.2) is 10.9 Å².